The maximum atomic E-state index is 13.9. The van der Waals surface area contributed by atoms with Crippen LogP contribution in [0.2, 0.25) is 0 Å². The van der Waals surface area contributed by atoms with Crippen LogP contribution in [0.3, 0.4) is 0 Å². The van der Waals surface area contributed by atoms with Crippen molar-refractivity contribution < 1.29 is 18.7 Å². The van der Waals surface area contributed by atoms with Crippen LogP contribution in [-0.2, 0) is 6.42 Å². The highest BCUT2D eigenvalue weighted by Gasteiger charge is 2.25. The topological polar surface area (TPSA) is 66.3 Å². The fourth-order valence-electron chi connectivity index (χ4n) is 4.89. The van der Waals surface area contributed by atoms with E-state index in [1.165, 1.54) is 34.6 Å². The molecule has 0 bridgehead atoms. The normalized spacial score (nSPS) is 15.1. The van der Waals surface area contributed by atoms with E-state index in [-0.39, 0.29) is 18.9 Å². The number of hydrogen-bond donors (Lipinski definition) is 3. The molecule has 202 valence electrons. The molecule has 0 fully saturated rings. The fraction of sp³-hybridized carbons (Fsp3) is 0.367. The van der Waals surface area contributed by atoms with Gasteiger partial charge in [-0.2, -0.15) is 0 Å². The van der Waals surface area contributed by atoms with Crippen LogP contribution in [0.4, 0.5) is 8.78 Å². The lowest BCUT2D eigenvalue weighted by Crippen LogP contribution is -2.49. The predicted molar refractivity (Wildman–Crippen MR) is 149 cm³/mol. The highest BCUT2D eigenvalue weighted by molar-refractivity contribution is 7.13. The first-order valence-corrected chi connectivity index (χ1v) is 13.9. The monoisotopic (exact) mass is 539 g/mol. The van der Waals surface area contributed by atoms with Crippen LogP contribution < -0.4 is 10.6 Å². The van der Waals surface area contributed by atoms with E-state index in [2.05, 4.69) is 29.7 Å². The molecule has 2 heterocycles. The molecular formula is C30H35F2N3O2S. The van der Waals surface area contributed by atoms with Crippen LogP contribution in [-0.4, -0.2) is 40.8 Å². The third-order valence-electron chi connectivity index (χ3n) is 6.92. The predicted octanol–water partition coefficient (Wildman–Crippen LogP) is 5.78. The minimum Gasteiger partial charge on any atom is -0.390 e. The first kappa shape index (κ1) is 28.0. The molecule has 3 aromatic rings. The summed E-state index contributed by atoms with van der Waals surface area (Å²) in [6, 6.07) is 8.25. The van der Waals surface area contributed by atoms with Crippen LogP contribution in [0, 0.1) is 25.5 Å². The Morgan fingerprint density at radius 3 is 2.53 bits per heavy atom. The van der Waals surface area contributed by atoms with Gasteiger partial charge in [-0.25, -0.2) is 8.78 Å². The Bertz CT molecular complexity index is 1300. The summed E-state index contributed by atoms with van der Waals surface area (Å²) in [6.07, 6.45) is 6.58. The summed E-state index contributed by atoms with van der Waals surface area (Å²) in [5, 5.41) is 20.0. The Kier molecular flexibility index (Phi) is 9.31. The standard InChI is InChI=1S/C30H35F2N3O2S/c1-4-21-6-5-7-22(12-21)17-33-18-28(36)27(15-23-13-24(31)16-25(32)14-23)34-29(37)26-10-11-38-30(26)35-19(2)8-9-20(35)3/h7-14,16,27-28,33,36H,4-6,15,17-18H2,1-3H3,(H,34,37)/t27-,28+/m1/s1. The molecule has 0 saturated heterocycles. The van der Waals surface area contributed by atoms with Gasteiger partial charge in [-0.15, -0.1) is 11.3 Å². The number of aliphatic hydroxyl groups is 1. The molecule has 1 aliphatic carbocycles. The van der Waals surface area contributed by atoms with Gasteiger partial charge in [-0.05, 0) is 86.4 Å². The fourth-order valence-corrected chi connectivity index (χ4v) is 5.91. The number of thiophene rings is 1. The zero-order chi connectivity index (χ0) is 27.2. The van der Waals surface area contributed by atoms with Crippen LogP contribution >= 0.6 is 11.3 Å². The first-order chi connectivity index (χ1) is 18.2. The van der Waals surface area contributed by atoms with Crippen LogP contribution in [0.1, 0.15) is 53.5 Å². The lowest BCUT2D eigenvalue weighted by atomic mass is 9.97. The van der Waals surface area contributed by atoms with Crippen LogP contribution in [0.5, 0.6) is 0 Å². The molecule has 3 N–H and O–H groups in total. The van der Waals surface area contributed by atoms with E-state index in [0.717, 1.165) is 41.7 Å². The number of amides is 1. The van der Waals surface area contributed by atoms with Crippen molar-refractivity contribution in [3.05, 3.63) is 99.2 Å². The average Bonchev–Trinajstić information content (AvgIpc) is 3.48. The summed E-state index contributed by atoms with van der Waals surface area (Å²) in [5.74, 6) is -1.74. The molecule has 1 amide bonds. The summed E-state index contributed by atoms with van der Waals surface area (Å²) in [7, 11) is 0. The zero-order valence-corrected chi connectivity index (χ0v) is 22.9. The minimum absolute atomic E-state index is 0.0763. The highest BCUT2D eigenvalue weighted by Crippen LogP contribution is 2.26. The third-order valence-corrected chi connectivity index (χ3v) is 7.82. The Labute approximate surface area is 226 Å². The number of carbonyl (C=O) groups excluding carboxylic acids is 1. The van der Waals surface area contributed by atoms with E-state index in [4.69, 9.17) is 0 Å². The number of hydrogen-bond acceptors (Lipinski definition) is 4. The van der Waals surface area contributed by atoms with Crippen molar-refractivity contribution in [3.8, 4) is 5.00 Å². The smallest absolute Gasteiger partial charge is 0.254 e. The number of aliphatic hydroxyl groups excluding tert-OH is 1. The number of aryl methyl sites for hydroxylation is 2. The summed E-state index contributed by atoms with van der Waals surface area (Å²) in [4.78, 5) is 13.5. The van der Waals surface area contributed by atoms with Crippen molar-refractivity contribution in [1.29, 1.82) is 0 Å². The Morgan fingerprint density at radius 2 is 1.84 bits per heavy atom. The Hall–Kier alpha value is -3.07. The largest absolute Gasteiger partial charge is 0.390 e. The summed E-state index contributed by atoms with van der Waals surface area (Å²) >= 11 is 1.46. The van der Waals surface area contributed by atoms with Gasteiger partial charge in [0.1, 0.15) is 16.6 Å². The molecule has 0 aliphatic heterocycles. The number of benzene rings is 1. The van der Waals surface area contributed by atoms with Gasteiger partial charge < -0.3 is 20.3 Å². The maximum Gasteiger partial charge on any atom is 0.254 e. The van der Waals surface area contributed by atoms with Crippen molar-refractivity contribution in [1.82, 2.24) is 15.2 Å². The summed E-state index contributed by atoms with van der Waals surface area (Å²) in [6.45, 7) is 6.90. The van der Waals surface area contributed by atoms with E-state index < -0.39 is 23.8 Å². The second-order valence-electron chi connectivity index (χ2n) is 9.82. The Balaban J connectivity index is 1.51. The number of rotatable bonds is 11. The molecular weight excluding hydrogens is 504 g/mol. The molecule has 2 atom stereocenters. The van der Waals surface area contributed by atoms with Gasteiger partial charge in [0.15, 0.2) is 0 Å². The van der Waals surface area contributed by atoms with Gasteiger partial charge in [0.2, 0.25) is 0 Å². The number of nitrogens with one attached hydrogen (secondary N) is 2. The van der Waals surface area contributed by atoms with Gasteiger partial charge >= 0.3 is 0 Å². The molecule has 1 aromatic carbocycles. The van der Waals surface area contributed by atoms with Crippen molar-refractivity contribution in [3.63, 3.8) is 0 Å². The minimum atomic E-state index is -0.985. The molecule has 0 spiro atoms. The molecule has 38 heavy (non-hydrogen) atoms. The first-order valence-electron chi connectivity index (χ1n) is 13.0. The lowest BCUT2D eigenvalue weighted by Gasteiger charge is -2.25. The van der Waals surface area contributed by atoms with Gasteiger partial charge in [-0.1, -0.05) is 24.6 Å². The number of aromatic nitrogens is 1. The van der Waals surface area contributed by atoms with E-state index in [1.807, 2.05) is 35.9 Å². The zero-order valence-electron chi connectivity index (χ0n) is 22.1. The van der Waals surface area contributed by atoms with E-state index in [0.29, 0.717) is 17.7 Å². The van der Waals surface area contributed by atoms with E-state index in [1.54, 1.807) is 6.07 Å². The number of allylic oxidation sites excluding steroid dienone is 2. The second kappa shape index (κ2) is 12.7. The SMILES string of the molecule is CCC1=CC(CNC[C@H](O)[C@@H](Cc2cc(F)cc(F)c2)NC(=O)c2ccsc2-n2c(C)ccc2C)=CCC1. The van der Waals surface area contributed by atoms with Crippen molar-refractivity contribution >= 4 is 17.2 Å². The molecule has 5 nitrogen and oxygen atoms in total. The molecule has 8 heteroatoms. The average molecular weight is 540 g/mol. The van der Waals surface area contributed by atoms with Gasteiger partial charge in [0.25, 0.3) is 5.91 Å². The van der Waals surface area contributed by atoms with Crippen LogP contribution in [0.25, 0.3) is 5.00 Å². The quantitative estimate of drug-likeness (QED) is 0.289. The van der Waals surface area contributed by atoms with Gasteiger partial charge in [0.05, 0.1) is 17.7 Å². The maximum absolute atomic E-state index is 13.9. The van der Waals surface area contributed by atoms with E-state index >= 15 is 0 Å². The van der Waals surface area contributed by atoms with Crippen molar-refractivity contribution in [2.45, 2.75) is 58.6 Å². The van der Waals surface area contributed by atoms with Gasteiger partial charge in [-0.3, -0.25) is 4.79 Å². The number of nitrogens with zero attached hydrogens (tertiary/aromatic N) is 1. The highest BCUT2D eigenvalue weighted by atomic mass is 32.1. The molecule has 2 aromatic heterocycles. The summed E-state index contributed by atoms with van der Waals surface area (Å²) in [5.41, 5.74) is 5.44. The molecule has 1 aliphatic rings. The molecule has 0 radical (unpaired) electrons. The van der Waals surface area contributed by atoms with Crippen LogP contribution in [0.15, 0.2) is 65.1 Å². The lowest BCUT2D eigenvalue weighted by molar-refractivity contribution is 0.0832. The molecule has 4 rings (SSSR count). The van der Waals surface area contributed by atoms with Gasteiger partial charge in [0, 0.05) is 30.5 Å². The van der Waals surface area contributed by atoms with Crippen molar-refractivity contribution in [2.24, 2.45) is 0 Å². The summed E-state index contributed by atoms with van der Waals surface area (Å²) < 4.78 is 29.8. The van der Waals surface area contributed by atoms with E-state index in [9.17, 15) is 18.7 Å². The number of carbonyl (C=O) groups is 1. The molecule has 0 saturated carbocycles. The second-order valence-corrected chi connectivity index (χ2v) is 10.7. The van der Waals surface area contributed by atoms with Crippen molar-refractivity contribution in [2.75, 3.05) is 13.1 Å². The third kappa shape index (κ3) is 6.87. The molecule has 0 unspecified atom stereocenters. The Morgan fingerprint density at radius 1 is 1.13 bits per heavy atom. The number of halogens is 2.